The molecule has 25 heavy (non-hydrogen) atoms. The fourth-order valence-electron chi connectivity index (χ4n) is 3.00. The number of likely N-dealkylation sites (N-methyl/N-ethyl adjacent to an activating group) is 1. The quantitative estimate of drug-likeness (QED) is 0.717. The van der Waals surface area contributed by atoms with Crippen molar-refractivity contribution < 1.29 is 9.47 Å². The molecule has 0 aliphatic carbocycles. The minimum atomic E-state index is 0.0105. The van der Waals surface area contributed by atoms with Crippen LogP contribution in [0.3, 0.4) is 0 Å². The molecule has 1 aromatic carbocycles. The second-order valence-electron chi connectivity index (χ2n) is 6.11. The topological polar surface area (TPSA) is 52.4 Å². The molecular weight excluding hydrogens is 316 g/mol. The summed E-state index contributed by atoms with van der Waals surface area (Å²) in [6, 6.07) is 13.7. The Hall–Kier alpha value is -2.86. The maximum atomic E-state index is 6.04. The normalized spacial score (nSPS) is 16.2. The number of para-hydroxylation sites is 2. The molecule has 0 N–H and O–H groups in total. The van der Waals surface area contributed by atoms with Gasteiger partial charge in [0.05, 0.1) is 0 Å². The molecule has 0 saturated heterocycles. The molecule has 0 fully saturated rings. The number of hydrogen-bond acceptors (Lipinski definition) is 5. The first-order chi connectivity index (χ1) is 12.3. The zero-order valence-corrected chi connectivity index (χ0v) is 14.1. The zero-order valence-electron chi connectivity index (χ0n) is 14.1. The van der Waals surface area contributed by atoms with Gasteiger partial charge in [0.1, 0.15) is 12.7 Å². The van der Waals surface area contributed by atoms with Gasteiger partial charge in [-0.2, -0.15) is 0 Å². The SMILES string of the molecule is CN(Cc1cccn1-c1ncccn1)C[C@H]1COc2ccccc2O1. The van der Waals surface area contributed by atoms with Crippen molar-refractivity contribution in [3.63, 3.8) is 0 Å². The summed E-state index contributed by atoms with van der Waals surface area (Å²) >= 11 is 0. The highest BCUT2D eigenvalue weighted by molar-refractivity contribution is 5.40. The van der Waals surface area contributed by atoms with E-state index in [2.05, 4.69) is 28.0 Å². The van der Waals surface area contributed by atoms with E-state index in [-0.39, 0.29) is 6.10 Å². The van der Waals surface area contributed by atoms with Crippen LogP contribution in [-0.2, 0) is 6.54 Å². The Morgan fingerprint density at radius 2 is 1.88 bits per heavy atom. The van der Waals surface area contributed by atoms with Gasteiger partial charge in [0.25, 0.3) is 0 Å². The van der Waals surface area contributed by atoms with Crippen molar-refractivity contribution in [3.05, 3.63) is 66.7 Å². The van der Waals surface area contributed by atoms with Crippen LogP contribution in [0.5, 0.6) is 11.5 Å². The molecule has 0 saturated carbocycles. The van der Waals surface area contributed by atoms with Crippen LogP contribution in [0.25, 0.3) is 5.95 Å². The lowest BCUT2D eigenvalue weighted by Gasteiger charge is -2.29. The third-order valence-corrected chi connectivity index (χ3v) is 4.12. The Morgan fingerprint density at radius 3 is 2.72 bits per heavy atom. The second kappa shape index (κ2) is 6.94. The summed E-state index contributed by atoms with van der Waals surface area (Å²) in [5.41, 5.74) is 1.13. The Balaban J connectivity index is 1.41. The van der Waals surface area contributed by atoms with Gasteiger partial charge in [0.2, 0.25) is 5.95 Å². The molecule has 1 aliphatic heterocycles. The minimum absolute atomic E-state index is 0.0105. The van der Waals surface area contributed by atoms with Gasteiger partial charge in [-0.1, -0.05) is 12.1 Å². The highest BCUT2D eigenvalue weighted by Gasteiger charge is 2.22. The average molecular weight is 336 g/mol. The highest BCUT2D eigenvalue weighted by Crippen LogP contribution is 2.31. The number of aromatic nitrogens is 3. The predicted octanol–water partition coefficient (Wildman–Crippen LogP) is 2.54. The highest BCUT2D eigenvalue weighted by atomic mass is 16.6. The number of hydrogen-bond donors (Lipinski definition) is 0. The molecule has 0 radical (unpaired) electrons. The summed E-state index contributed by atoms with van der Waals surface area (Å²) < 4.78 is 13.8. The van der Waals surface area contributed by atoms with Crippen LogP contribution < -0.4 is 9.47 Å². The predicted molar refractivity (Wildman–Crippen MR) is 94.0 cm³/mol. The van der Waals surface area contributed by atoms with Crippen molar-refractivity contribution in [1.82, 2.24) is 19.4 Å². The maximum absolute atomic E-state index is 6.04. The Morgan fingerprint density at radius 1 is 1.08 bits per heavy atom. The summed E-state index contributed by atoms with van der Waals surface area (Å²) in [6.07, 6.45) is 5.49. The lowest BCUT2D eigenvalue weighted by molar-refractivity contribution is 0.0634. The van der Waals surface area contributed by atoms with Crippen LogP contribution in [0.1, 0.15) is 5.69 Å². The third-order valence-electron chi connectivity index (χ3n) is 4.12. The van der Waals surface area contributed by atoms with E-state index in [1.807, 2.05) is 47.2 Å². The first-order valence-electron chi connectivity index (χ1n) is 8.30. The summed E-state index contributed by atoms with van der Waals surface area (Å²) in [5, 5.41) is 0. The van der Waals surface area contributed by atoms with Gasteiger partial charge in [0.15, 0.2) is 11.5 Å². The lowest BCUT2D eigenvalue weighted by atomic mass is 10.2. The smallest absolute Gasteiger partial charge is 0.233 e. The van der Waals surface area contributed by atoms with Crippen molar-refractivity contribution in [2.24, 2.45) is 0 Å². The molecule has 0 amide bonds. The van der Waals surface area contributed by atoms with Crippen LogP contribution >= 0.6 is 0 Å². The molecule has 2 aromatic heterocycles. The van der Waals surface area contributed by atoms with Crippen molar-refractivity contribution >= 4 is 0 Å². The standard InChI is InChI=1S/C19H20N4O2/c1-22(13-16-14-24-17-7-2-3-8-18(17)25-16)12-15-6-4-11-23(15)19-20-9-5-10-21-19/h2-11,16H,12-14H2,1H3/t16-/m0/s1. The van der Waals surface area contributed by atoms with Crippen molar-refractivity contribution in [1.29, 1.82) is 0 Å². The van der Waals surface area contributed by atoms with Crippen molar-refractivity contribution in [2.75, 3.05) is 20.2 Å². The molecule has 0 unspecified atom stereocenters. The Bertz CT molecular complexity index is 834. The van der Waals surface area contributed by atoms with Crippen molar-refractivity contribution in [3.8, 4) is 17.4 Å². The maximum Gasteiger partial charge on any atom is 0.233 e. The summed E-state index contributed by atoms with van der Waals surface area (Å²) in [4.78, 5) is 10.9. The van der Waals surface area contributed by atoms with Gasteiger partial charge >= 0.3 is 0 Å². The second-order valence-corrected chi connectivity index (χ2v) is 6.11. The Kier molecular flexibility index (Phi) is 4.35. The third kappa shape index (κ3) is 3.49. The van der Waals surface area contributed by atoms with Crippen LogP contribution in [-0.4, -0.2) is 45.7 Å². The number of benzene rings is 1. The lowest BCUT2D eigenvalue weighted by Crippen LogP contribution is -2.39. The molecule has 1 aliphatic rings. The molecule has 128 valence electrons. The minimum Gasteiger partial charge on any atom is -0.486 e. The zero-order chi connectivity index (χ0) is 17.1. The van der Waals surface area contributed by atoms with Gasteiger partial charge in [-0.3, -0.25) is 9.47 Å². The van der Waals surface area contributed by atoms with Gasteiger partial charge in [-0.15, -0.1) is 0 Å². The van der Waals surface area contributed by atoms with Crippen LogP contribution in [0, 0.1) is 0 Å². The molecule has 3 heterocycles. The summed E-state index contributed by atoms with van der Waals surface area (Å²) in [5.74, 6) is 2.31. The van der Waals surface area contributed by atoms with Crippen LogP contribution in [0.4, 0.5) is 0 Å². The molecule has 6 nitrogen and oxygen atoms in total. The molecule has 3 aromatic rings. The van der Waals surface area contributed by atoms with E-state index in [9.17, 15) is 0 Å². The fourth-order valence-corrected chi connectivity index (χ4v) is 3.00. The monoisotopic (exact) mass is 336 g/mol. The first-order valence-corrected chi connectivity index (χ1v) is 8.30. The van der Waals surface area contributed by atoms with Gasteiger partial charge in [0, 0.05) is 37.4 Å². The number of nitrogens with zero attached hydrogens (tertiary/aromatic N) is 4. The van der Waals surface area contributed by atoms with E-state index in [1.54, 1.807) is 12.4 Å². The fraction of sp³-hybridized carbons (Fsp3) is 0.263. The molecule has 4 rings (SSSR count). The molecular formula is C19H20N4O2. The van der Waals surface area contributed by atoms with E-state index in [1.165, 1.54) is 0 Å². The van der Waals surface area contributed by atoms with Crippen LogP contribution in [0.2, 0.25) is 0 Å². The van der Waals surface area contributed by atoms with Crippen LogP contribution in [0.15, 0.2) is 61.1 Å². The first kappa shape index (κ1) is 15.7. The van der Waals surface area contributed by atoms with E-state index in [0.717, 1.165) is 30.3 Å². The molecule has 1 atom stereocenters. The van der Waals surface area contributed by atoms with E-state index in [0.29, 0.717) is 12.6 Å². The average Bonchev–Trinajstić information content (AvgIpc) is 3.10. The summed E-state index contributed by atoms with van der Waals surface area (Å²) in [7, 11) is 2.08. The Labute approximate surface area is 146 Å². The number of fused-ring (bicyclic) bond motifs is 1. The van der Waals surface area contributed by atoms with Crippen molar-refractivity contribution in [2.45, 2.75) is 12.6 Å². The van der Waals surface area contributed by atoms with Gasteiger partial charge in [-0.05, 0) is 37.4 Å². The summed E-state index contributed by atoms with van der Waals surface area (Å²) in [6.45, 7) is 2.10. The molecule has 0 spiro atoms. The molecule has 0 bridgehead atoms. The number of ether oxygens (including phenoxy) is 2. The van der Waals surface area contributed by atoms with Gasteiger partial charge in [-0.25, -0.2) is 9.97 Å². The number of rotatable bonds is 5. The van der Waals surface area contributed by atoms with E-state index < -0.39 is 0 Å². The largest absolute Gasteiger partial charge is 0.486 e. The van der Waals surface area contributed by atoms with E-state index >= 15 is 0 Å². The van der Waals surface area contributed by atoms with E-state index in [4.69, 9.17) is 9.47 Å². The van der Waals surface area contributed by atoms with Gasteiger partial charge < -0.3 is 9.47 Å². The molecule has 6 heteroatoms.